The lowest BCUT2D eigenvalue weighted by Crippen LogP contribution is -2.20. The van der Waals surface area contributed by atoms with Gasteiger partial charge in [-0.15, -0.1) is 0 Å². The van der Waals surface area contributed by atoms with Crippen LogP contribution in [0.3, 0.4) is 0 Å². The quantitative estimate of drug-likeness (QED) is 0.860. The summed E-state index contributed by atoms with van der Waals surface area (Å²) in [6.45, 7) is 0. The molecule has 1 atom stereocenters. The first-order valence-corrected chi connectivity index (χ1v) is 4.63. The highest BCUT2D eigenvalue weighted by atomic mass is 79.9. The van der Waals surface area contributed by atoms with E-state index in [1.807, 2.05) is 0 Å². The van der Waals surface area contributed by atoms with Gasteiger partial charge in [0.25, 0.3) is 0 Å². The summed E-state index contributed by atoms with van der Waals surface area (Å²) in [4.78, 5) is 10.6. The maximum atomic E-state index is 10.6. The summed E-state index contributed by atoms with van der Waals surface area (Å²) in [5, 5.41) is 9.00. The average Bonchev–Trinajstić information content (AvgIpc) is 2.08. The van der Waals surface area contributed by atoms with Crippen LogP contribution in [0, 0.1) is 0 Å². The van der Waals surface area contributed by atoms with Crippen molar-refractivity contribution in [3.63, 3.8) is 0 Å². The van der Waals surface area contributed by atoms with Crippen LogP contribution < -0.4 is 5.73 Å². The fraction of sp³-hybridized carbons (Fsp3) is 0.125. The van der Waals surface area contributed by atoms with Crippen molar-refractivity contribution < 1.29 is 9.90 Å². The third-order valence-corrected chi connectivity index (χ3v) is 2.89. The summed E-state index contributed by atoms with van der Waals surface area (Å²) >= 11 is 9.02. The van der Waals surface area contributed by atoms with Crippen LogP contribution in [-0.4, -0.2) is 11.1 Å². The lowest BCUT2D eigenvalue weighted by Gasteiger charge is -2.09. The Kier molecular flexibility index (Phi) is 3.30. The number of hydrogen-bond donors (Lipinski definition) is 2. The first-order chi connectivity index (χ1) is 6.04. The van der Waals surface area contributed by atoms with E-state index in [0.717, 1.165) is 0 Å². The van der Waals surface area contributed by atoms with E-state index in [4.69, 9.17) is 22.4 Å². The number of rotatable bonds is 2. The van der Waals surface area contributed by atoms with Crippen molar-refractivity contribution in [2.75, 3.05) is 0 Å². The van der Waals surface area contributed by atoms with Crippen LogP contribution >= 0.6 is 27.5 Å². The summed E-state index contributed by atoms with van der Waals surface area (Å²) in [5.74, 6) is -1.10. The standard InChI is InChI=1S/C8H7BrClNO2/c9-5-3-1-2-4(6(5)10)7(11)8(12)13/h1-3,7H,11H2,(H,12,13). The molecular weight excluding hydrogens is 257 g/mol. The number of carboxylic acids is 1. The molecule has 3 nitrogen and oxygen atoms in total. The summed E-state index contributed by atoms with van der Waals surface area (Å²) in [6, 6.07) is 3.92. The molecule has 0 aliphatic carbocycles. The fourth-order valence-electron chi connectivity index (χ4n) is 0.894. The van der Waals surface area contributed by atoms with Crippen LogP contribution in [0.5, 0.6) is 0 Å². The van der Waals surface area contributed by atoms with Crippen LogP contribution in [0.25, 0.3) is 0 Å². The van der Waals surface area contributed by atoms with E-state index in [-0.39, 0.29) is 0 Å². The minimum atomic E-state index is -1.10. The van der Waals surface area contributed by atoms with Gasteiger partial charge in [-0.1, -0.05) is 23.7 Å². The Bertz CT molecular complexity index is 343. The molecule has 3 N–H and O–H groups in total. The van der Waals surface area contributed by atoms with Gasteiger partial charge in [0.15, 0.2) is 0 Å². The number of aliphatic carboxylic acids is 1. The molecule has 5 heteroatoms. The van der Waals surface area contributed by atoms with Gasteiger partial charge in [0.2, 0.25) is 0 Å². The van der Waals surface area contributed by atoms with E-state index in [0.29, 0.717) is 15.1 Å². The van der Waals surface area contributed by atoms with Gasteiger partial charge in [0.1, 0.15) is 6.04 Å². The predicted octanol–water partition coefficient (Wildman–Crippen LogP) is 2.19. The Labute approximate surface area is 88.6 Å². The molecular formula is C8H7BrClNO2. The molecule has 0 heterocycles. The van der Waals surface area contributed by atoms with E-state index in [9.17, 15) is 4.79 Å². The number of carboxylic acid groups (broad SMARTS) is 1. The van der Waals surface area contributed by atoms with E-state index in [2.05, 4.69) is 15.9 Å². The predicted molar refractivity (Wildman–Crippen MR) is 53.7 cm³/mol. The molecule has 0 fully saturated rings. The molecule has 0 spiro atoms. The van der Waals surface area contributed by atoms with Gasteiger partial charge in [-0.05, 0) is 27.6 Å². The fourth-order valence-corrected chi connectivity index (χ4v) is 1.52. The van der Waals surface area contributed by atoms with Crippen molar-refractivity contribution in [1.29, 1.82) is 0 Å². The molecule has 1 rings (SSSR count). The van der Waals surface area contributed by atoms with Gasteiger partial charge in [-0.2, -0.15) is 0 Å². The second-order valence-electron chi connectivity index (χ2n) is 2.46. The molecule has 70 valence electrons. The Balaban J connectivity index is 3.15. The number of nitrogens with two attached hydrogens (primary N) is 1. The highest BCUT2D eigenvalue weighted by Gasteiger charge is 2.18. The second-order valence-corrected chi connectivity index (χ2v) is 3.69. The van der Waals surface area contributed by atoms with Crippen LogP contribution in [-0.2, 0) is 4.79 Å². The molecule has 13 heavy (non-hydrogen) atoms. The molecule has 0 aliphatic rings. The molecule has 1 aromatic carbocycles. The van der Waals surface area contributed by atoms with Gasteiger partial charge >= 0.3 is 5.97 Å². The molecule has 1 aromatic rings. The number of carbonyl (C=O) groups is 1. The van der Waals surface area contributed by atoms with Crippen LogP contribution in [0.15, 0.2) is 22.7 Å². The lowest BCUT2D eigenvalue weighted by atomic mass is 10.1. The lowest BCUT2D eigenvalue weighted by molar-refractivity contribution is -0.138. The van der Waals surface area contributed by atoms with Crippen molar-refractivity contribution in [3.05, 3.63) is 33.3 Å². The van der Waals surface area contributed by atoms with Crippen LogP contribution in [0.4, 0.5) is 0 Å². The van der Waals surface area contributed by atoms with Crippen molar-refractivity contribution in [3.8, 4) is 0 Å². The zero-order valence-electron chi connectivity index (χ0n) is 6.50. The van der Waals surface area contributed by atoms with E-state index in [1.54, 1.807) is 18.2 Å². The Morgan fingerprint density at radius 2 is 2.23 bits per heavy atom. The van der Waals surface area contributed by atoms with Crippen molar-refractivity contribution in [2.45, 2.75) is 6.04 Å². The monoisotopic (exact) mass is 263 g/mol. The number of halogens is 2. The van der Waals surface area contributed by atoms with Crippen LogP contribution in [0.1, 0.15) is 11.6 Å². The Morgan fingerprint density at radius 3 is 2.77 bits per heavy atom. The van der Waals surface area contributed by atoms with Crippen molar-refractivity contribution in [2.24, 2.45) is 5.73 Å². The summed E-state index contributed by atoms with van der Waals surface area (Å²) in [7, 11) is 0. The summed E-state index contributed by atoms with van der Waals surface area (Å²) < 4.78 is 0.642. The third-order valence-electron chi connectivity index (χ3n) is 1.58. The Hall–Kier alpha value is -0.580. The maximum Gasteiger partial charge on any atom is 0.325 e. The summed E-state index contributed by atoms with van der Waals surface area (Å²) in [5.41, 5.74) is 5.81. The minimum Gasteiger partial charge on any atom is -0.480 e. The molecule has 1 unspecified atom stereocenters. The van der Waals surface area contributed by atoms with E-state index >= 15 is 0 Å². The van der Waals surface area contributed by atoms with Gasteiger partial charge in [-0.3, -0.25) is 4.79 Å². The van der Waals surface area contributed by atoms with Gasteiger partial charge in [0.05, 0.1) is 5.02 Å². The first kappa shape index (κ1) is 10.5. The van der Waals surface area contributed by atoms with Crippen molar-refractivity contribution >= 4 is 33.5 Å². The highest BCUT2D eigenvalue weighted by molar-refractivity contribution is 9.10. The molecule has 0 aromatic heterocycles. The van der Waals surface area contributed by atoms with Gasteiger partial charge < -0.3 is 10.8 Å². The largest absolute Gasteiger partial charge is 0.480 e. The molecule has 0 saturated heterocycles. The Morgan fingerprint density at radius 1 is 1.62 bits per heavy atom. The smallest absolute Gasteiger partial charge is 0.325 e. The molecule has 0 bridgehead atoms. The molecule has 0 saturated carbocycles. The number of benzene rings is 1. The molecule has 0 amide bonds. The average molecular weight is 265 g/mol. The van der Waals surface area contributed by atoms with Gasteiger partial charge in [0, 0.05) is 4.47 Å². The number of hydrogen-bond acceptors (Lipinski definition) is 2. The van der Waals surface area contributed by atoms with Crippen molar-refractivity contribution in [1.82, 2.24) is 0 Å². The van der Waals surface area contributed by atoms with Crippen LogP contribution in [0.2, 0.25) is 5.02 Å². The minimum absolute atomic E-state index is 0.345. The third kappa shape index (κ3) is 2.21. The topological polar surface area (TPSA) is 63.3 Å². The van der Waals surface area contributed by atoms with Gasteiger partial charge in [-0.25, -0.2) is 0 Å². The second kappa shape index (κ2) is 4.09. The maximum absolute atomic E-state index is 10.6. The molecule has 0 aliphatic heterocycles. The normalized spacial score (nSPS) is 12.5. The summed E-state index contributed by atoms with van der Waals surface area (Å²) in [6.07, 6.45) is 0. The first-order valence-electron chi connectivity index (χ1n) is 3.46. The zero-order valence-corrected chi connectivity index (χ0v) is 8.84. The molecule has 0 radical (unpaired) electrons. The van der Waals surface area contributed by atoms with E-state index < -0.39 is 12.0 Å². The SMILES string of the molecule is NC(C(=O)O)c1cccc(Br)c1Cl. The van der Waals surface area contributed by atoms with E-state index in [1.165, 1.54) is 0 Å². The zero-order chi connectivity index (χ0) is 10.0. The highest BCUT2D eigenvalue weighted by Crippen LogP contribution is 2.29.